The molecule has 1 fully saturated rings. The van der Waals surface area contributed by atoms with E-state index in [1.165, 1.54) is 4.70 Å². The van der Waals surface area contributed by atoms with Crippen molar-refractivity contribution in [1.82, 2.24) is 4.90 Å². The summed E-state index contributed by atoms with van der Waals surface area (Å²) in [7, 11) is 0. The number of fused-ring (bicyclic) bond motifs is 1. The Balaban J connectivity index is 0.00000176. The van der Waals surface area contributed by atoms with Crippen LogP contribution in [0.5, 0.6) is 0 Å². The van der Waals surface area contributed by atoms with Crippen LogP contribution in [0.3, 0.4) is 0 Å². The van der Waals surface area contributed by atoms with Crippen LogP contribution < -0.4 is 5.73 Å². The third-order valence-corrected chi connectivity index (χ3v) is 4.75. The Morgan fingerprint density at radius 1 is 1.36 bits per heavy atom. The van der Waals surface area contributed by atoms with E-state index in [-0.39, 0.29) is 30.5 Å². The van der Waals surface area contributed by atoms with Gasteiger partial charge in [0.15, 0.2) is 5.96 Å². The SMILES string of the molecule is I.NC(=NCC(O)c1cc2ccccc2s1)N1CCOCC1. The van der Waals surface area contributed by atoms with Crippen molar-refractivity contribution in [2.75, 3.05) is 32.8 Å². The van der Waals surface area contributed by atoms with E-state index in [1.54, 1.807) is 11.3 Å². The van der Waals surface area contributed by atoms with Crippen molar-refractivity contribution in [1.29, 1.82) is 0 Å². The lowest BCUT2D eigenvalue weighted by Gasteiger charge is -2.27. The molecule has 0 amide bonds. The second-order valence-electron chi connectivity index (χ2n) is 5.00. The number of aliphatic hydroxyl groups excluding tert-OH is 1. The molecule has 1 atom stereocenters. The Kier molecular flexibility index (Phi) is 6.42. The largest absolute Gasteiger partial charge is 0.386 e. The molecule has 1 aromatic heterocycles. The van der Waals surface area contributed by atoms with Crippen LogP contribution in [0, 0.1) is 0 Å². The van der Waals surface area contributed by atoms with Crippen LogP contribution in [0.25, 0.3) is 10.1 Å². The van der Waals surface area contributed by atoms with Gasteiger partial charge in [-0.15, -0.1) is 35.3 Å². The van der Waals surface area contributed by atoms with Crippen molar-refractivity contribution in [3.8, 4) is 0 Å². The van der Waals surface area contributed by atoms with Gasteiger partial charge in [0.1, 0.15) is 6.10 Å². The zero-order chi connectivity index (χ0) is 14.7. The van der Waals surface area contributed by atoms with Crippen LogP contribution in [0.15, 0.2) is 35.3 Å². The third kappa shape index (κ3) is 4.09. The molecule has 22 heavy (non-hydrogen) atoms. The lowest BCUT2D eigenvalue weighted by atomic mass is 10.2. The minimum absolute atomic E-state index is 0. The van der Waals surface area contributed by atoms with Gasteiger partial charge in [-0.05, 0) is 17.5 Å². The molecule has 1 aliphatic rings. The number of aliphatic hydroxyl groups is 1. The lowest BCUT2D eigenvalue weighted by molar-refractivity contribution is 0.0672. The summed E-state index contributed by atoms with van der Waals surface area (Å²) in [6.45, 7) is 3.16. The number of hydrogen-bond acceptors (Lipinski definition) is 4. The van der Waals surface area contributed by atoms with Crippen molar-refractivity contribution < 1.29 is 9.84 Å². The summed E-state index contributed by atoms with van der Waals surface area (Å²) in [6, 6.07) is 10.1. The first-order valence-corrected chi connectivity index (χ1v) is 7.85. The molecule has 7 heteroatoms. The van der Waals surface area contributed by atoms with Crippen molar-refractivity contribution in [3.05, 3.63) is 35.2 Å². The van der Waals surface area contributed by atoms with E-state index in [4.69, 9.17) is 10.5 Å². The van der Waals surface area contributed by atoms with Gasteiger partial charge >= 0.3 is 0 Å². The average Bonchev–Trinajstić information content (AvgIpc) is 2.97. The second kappa shape index (κ2) is 8.09. The Morgan fingerprint density at radius 2 is 2.09 bits per heavy atom. The van der Waals surface area contributed by atoms with Gasteiger partial charge in [0.05, 0.1) is 19.8 Å². The summed E-state index contributed by atoms with van der Waals surface area (Å²) >= 11 is 1.60. The van der Waals surface area contributed by atoms with E-state index in [9.17, 15) is 5.11 Å². The first-order valence-electron chi connectivity index (χ1n) is 7.03. The maximum Gasteiger partial charge on any atom is 0.191 e. The second-order valence-corrected chi connectivity index (χ2v) is 6.12. The van der Waals surface area contributed by atoms with Crippen LogP contribution in [0.1, 0.15) is 11.0 Å². The van der Waals surface area contributed by atoms with Crippen LogP contribution in [0.2, 0.25) is 0 Å². The number of morpholine rings is 1. The highest BCUT2D eigenvalue weighted by molar-refractivity contribution is 14.0. The van der Waals surface area contributed by atoms with Crippen LogP contribution in [-0.2, 0) is 4.74 Å². The number of guanidine groups is 1. The summed E-state index contributed by atoms with van der Waals surface area (Å²) < 4.78 is 6.46. The predicted molar refractivity (Wildman–Crippen MR) is 101 cm³/mol. The zero-order valence-electron chi connectivity index (χ0n) is 12.1. The first-order chi connectivity index (χ1) is 10.2. The minimum Gasteiger partial charge on any atom is -0.386 e. The molecule has 120 valence electrons. The molecule has 0 radical (unpaired) electrons. The van der Waals surface area contributed by atoms with Crippen molar-refractivity contribution >= 4 is 51.4 Å². The summed E-state index contributed by atoms with van der Waals surface area (Å²) in [6.07, 6.45) is -0.609. The maximum atomic E-state index is 10.3. The molecular formula is C15H20IN3O2S. The lowest BCUT2D eigenvalue weighted by Crippen LogP contribution is -2.45. The number of ether oxygens (including phenoxy) is 1. The van der Waals surface area contributed by atoms with E-state index in [2.05, 4.69) is 11.1 Å². The number of halogens is 1. The van der Waals surface area contributed by atoms with Gasteiger partial charge in [0.2, 0.25) is 0 Å². The fourth-order valence-electron chi connectivity index (χ4n) is 2.33. The molecule has 2 heterocycles. The van der Waals surface area contributed by atoms with Gasteiger partial charge in [0, 0.05) is 22.7 Å². The minimum atomic E-state index is -0.609. The quantitative estimate of drug-likeness (QED) is 0.443. The Morgan fingerprint density at radius 3 is 2.82 bits per heavy atom. The Bertz CT molecular complexity index is 608. The van der Waals surface area contributed by atoms with E-state index in [1.807, 2.05) is 29.2 Å². The van der Waals surface area contributed by atoms with E-state index in [0.717, 1.165) is 23.4 Å². The van der Waals surface area contributed by atoms with Crippen molar-refractivity contribution in [2.24, 2.45) is 10.7 Å². The number of hydrogen-bond donors (Lipinski definition) is 2. The summed E-state index contributed by atoms with van der Waals surface area (Å²) in [5.41, 5.74) is 5.96. The number of nitrogens with two attached hydrogens (primary N) is 1. The topological polar surface area (TPSA) is 71.1 Å². The molecule has 3 rings (SSSR count). The van der Waals surface area contributed by atoms with Gasteiger partial charge in [-0.2, -0.15) is 0 Å². The fourth-order valence-corrected chi connectivity index (χ4v) is 3.37. The fraction of sp³-hybridized carbons (Fsp3) is 0.400. The van der Waals surface area contributed by atoms with Gasteiger partial charge in [-0.1, -0.05) is 18.2 Å². The van der Waals surface area contributed by atoms with Gasteiger partial charge in [-0.25, -0.2) is 0 Å². The van der Waals surface area contributed by atoms with Crippen LogP contribution >= 0.6 is 35.3 Å². The third-order valence-electron chi connectivity index (χ3n) is 3.53. The highest BCUT2D eigenvalue weighted by Crippen LogP contribution is 2.29. The normalized spacial score (nSPS) is 17.3. The summed E-state index contributed by atoms with van der Waals surface area (Å²) in [4.78, 5) is 7.23. The molecule has 2 aromatic rings. The monoisotopic (exact) mass is 433 g/mol. The summed E-state index contributed by atoms with van der Waals surface area (Å²) in [5.74, 6) is 0.485. The molecule has 0 saturated carbocycles. The molecule has 1 aromatic carbocycles. The number of benzene rings is 1. The maximum absolute atomic E-state index is 10.3. The molecule has 1 aliphatic heterocycles. The van der Waals surface area contributed by atoms with Gasteiger partial charge < -0.3 is 20.5 Å². The van der Waals surface area contributed by atoms with Gasteiger partial charge in [0.25, 0.3) is 0 Å². The highest BCUT2D eigenvalue weighted by Gasteiger charge is 2.14. The first kappa shape index (κ1) is 17.5. The van der Waals surface area contributed by atoms with Crippen LogP contribution in [0.4, 0.5) is 0 Å². The highest BCUT2D eigenvalue weighted by atomic mass is 127. The smallest absolute Gasteiger partial charge is 0.191 e. The molecule has 1 unspecified atom stereocenters. The van der Waals surface area contributed by atoms with Crippen molar-refractivity contribution in [3.63, 3.8) is 0 Å². The number of aliphatic imine (C=N–C) groups is 1. The molecule has 5 nitrogen and oxygen atoms in total. The molecule has 0 spiro atoms. The van der Waals surface area contributed by atoms with E-state index >= 15 is 0 Å². The van der Waals surface area contributed by atoms with E-state index < -0.39 is 6.10 Å². The zero-order valence-corrected chi connectivity index (χ0v) is 15.3. The van der Waals surface area contributed by atoms with Crippen LogP contribution in [-0.4, -0.2) is 48.8 Å². The van der Waals surface area contributed by atoms with E-state index in [0.29, 0.717) is 19.2 Å². The predicted octanol–water partition coefficient (Wildman–Crippen LogP) is 2.20. The van der Waals surface area contributed by atoms with Gasteiger partial charge in [-0.3, -0.25) is 4.99 Å². The molecule has 1 saturated heterocycles. The van der Waals surface area contributed by atoms with Crippen molar-refractivity contribution in [2.45, 2.75) is 6.10 Å². The standard InChI is InChI=1S/C15H19N3O2S.HI/c16-15(18-5-7-20-8-6-18)17-10-12(19)14-9-11-3-1-2-4-13(11)21-14;/h1-4,9,12,19H,5-8,10H2,(H2,16,17);1H. The molecular weight excluding hydrogens is 413 g/mol. The number of thiophene rings is 1. The molecule has 0 aliphatic carbocycles. The molecule has 3 N–H and O–H groups in total. The Hall–Kier alpha value is -0.900. The Labute approximate surface area is 150 Å². The average molecular weight is 433 g/mol. The summed E-state index contributed by atoms with van der Waals surface area (Å²) in [5, 5.41) is 11.4. The molecule has 0 bridgehead atoms. The number of nitrogens with zero attached hydrogens (tertiary/aromatic N) is 2. The number of rotatable bonds is 3.